The van der Waals surface area contributed by atoms with Gasteiger partial charge in [-0.15, -0.1) is 0 Å². The molecule has 2 heterocycles. The Hall–Kier alpha value is -3.34. The summed E-state index contributed by atoms with van der Waals surface area (Å²) in [5.41, 5.74) is 1.52. The van der Waals surface area contributed by atoms with Gasteiger partial charge >= 0.3 is 0 Å². The Morgan fingerprint density at radius 2 is 1.52 bits per heavy atom. The van der Waals surface area contributed by atoms with E-state index in [0.29, 0.717) is 28.1 Å². The third-order valence-electron chi connectivity index (χ3n) is 3.55. The average Bonchev–Trinajstić information content (AvgIpc) is 2.63. The molecule has 0 N–H and O–H groups in total. The molecule has 0 aliphatic heterocycles. The van der Waals surface area contributed by atoms with Crippen molar-refractivity contribution in [3.63, 3.8) is 0 Å². The molecule has 0 aliphatic rings. The van der Waals surface area contributed by atoms with E-state index in [1.807, 2.05) is 36.4 Å². The molecule has 0 fully saturated rings. The van der Waals surface area contributed by atoms with Crippen molar-refractivity contribution in [2.75, 3.05) is 0 Å². The van der Waals surface area contributed by atoms with Gasteiger partial charge in [-0.3, -0.25) is 4.79 Å². The lowest BCUT2D eigenvalue weighted by molar-refractivity contribution is 0.620. The van der Waals surface area contributed by atoms with Crippen molar-refractivity contribution in [2.45, 2.75) is 0 Å². The Balaban J connectivity index is 2.14. The smallest absolute Gasteiger partial charge is 0.204 e. The Kier molecular flexibility index (Phi) is 3.16. The van der Waals surface area contributed by atoms with Crippen LogP contribution in [0.25, 0.3) is 33.7 Å². The molecule has 23 heavy (non-hydrogen) atoms. The van der Waals surface area contributed by atoms with E-state index in [1.54, 1.807) is 18.2 Å². The molecular formula is C18H11N3O2. The van der Waals surface area contributed by atoms with E-state index < -0.39 is 0 Å². The molecule has 5 heteroatoms. The molecule has 0 bridgehead atoms. The van der Waals surface area contributed by atoms with Crippen molar-refractivity contribution < 1.29 is 4.42 Å². The van der Waals surface area contributed by atoms with E-state index in [-0.39, 0.29) is 5.43 Å². The molecule has 2 aromatic heterocycles. The van der Waals surface area contributed by atoms with Gasteiger partial charge in [-0.05, 0) is 12.1 Å². The van der Waals surface area contributed by atoms with E-state index in [0.717, 1.165) is 5.56 Å². The van der Waals surface area contributed by atoms with Crippen LogP contribution < -0.4 is 5.43 Å². The fraction of sp³-hybridized carbons (Fsp3) is 0. The molecular weight excluding hydrogens is 290 g/mol. The van der Waals surface area contributed by atoms with E-state index in [4.69, 9.17) is 4.42 Å². The molecule has 0 saturated heterocycles. The standard InChI is InChI=1S/C18H11N3O2/c22-16-13-8-4-5-9-14(13)23-17(12-6-2-1-3-7-12)15(16)18-20-10-19-11-21-18/h1-11H. The minimum atomic E-state index is -0.156. The van der Waals surface area contributed by atoms with Gasteiger partial charge in [0.1, 0.15) is 29.6 Å². The lowest BCUT2D eigenvalue weighted by Gasteiger charge is -2.09. The lowest BCUT2D eigenvalue weighted by Crippen LogP contribution is -2.09. The highest BCUT2D eigenvalue weighted by Gasteiger charge is 2.19. The summed E-state index contributed by atoms with van der Waals surface area (Å²) in [4.78, 5) is 25.0. The lowest BCUT2D eigenvalue weighted by atomic mass is 10.0. The summed E-state index contributed by atoms with van der Waals surface area (Å²) in [6, 6.07) is 16.6. The minimum absolute atomic E-state index is 0.156. The van der Waals surface area contributed by atoms with Crippen LogP contribution in [0.3, 0.4) is 0 Å². The van der Waals surface area contributed by atoms with Crippen molar-refractivity contribution in [2.24, 2.45) is 0 Å². The van der Waals surface area contributed by atoms with Gasteiger partial charge in [0.05, 0.1) is 5.39 Å². The molecule has 110 valence electrons. The molecule has 0 saturated carbocycles. The van der Waals surface area contributed by atoms with Gasteiger partial charge < -0.3 is 4.42 Å². The second-order valence-corrected chi connectivity index (χ2v) is 4.96. The summed E-state index contributed by atoms with van der Waals surface area (Å²) in [6.45, 7) is 0. The average molecular weight is 301 g/mol. The molecule has 4 aromatic rings. The highest BCUT2D eigenvalue weighted by molar-refractivity contribution is 5.87. The van der Waals surface area contributed by atoms with Gasteiger partial charge in [0.15, 0.2) is 5.82 Å². The van der Waals surface area contributed by atoms with Crippen LogP contribution in [0.4, 0.5) is 0 Å². The number of rotatable bonds is 2. The molecule has 4 rings (SSSR count). The van der Waals surface area contributed by atoms with Crippen LogP contribution in [0.15, 0.2) is 76.5 Å². The van der Waals surface area contributed by atoms with Crippen molar-refractivity contribution >= 4 is 11.0 Å². The third kappa shape index (κ3) is 2.28. The maximum Gasteiger partial charge on any atom is 0.204 e. The van der Waals surface area contributed by atoms with E-state index in [1.165, 1.54) is 12.7 Å². The number of aromatic nitrogens is 3. The SMILES string of the molecule is O=c1c(-c2ncncn2)c(-c2ccccc2)oc2ccccc12. The molecule has 0 unspecified atom stereocenters. The van der Waals surface area contributed by atoms with Gasteiger partial charge in [-0.1, -0.05) is 42.5 Å². The van der Waals surface area contributed by atoms with Gasteiger partial charge in [0.2, 0.25) is 5.43 Å². The number of hydrogen-bond donors (Lipinski definition) is 0. The third-order valence-corrected chi connectivity index (χ3v) is 3.55. The Bertz CT molecular complexity index is 1030. The summed E-state index contributed by atoms with van der Waals surface area (Å²) < 4.78 is 6.01. The first kappa shape index (κ1) is 13.3. The highest BCUT2D eigenvalue weighted by Crippen LogP contribution is 2.30. The van der Waals surface area contributed by atoms with Crippen molar-refractivity contribution in [3.8, 4) is 22.7 Å². The van der Waals surface area contributed by atoms with Crippen LogP contribution in [-0.4, -0.2) is 15.0 Å². The van der Waals surface area contributed by atoms with Gasteiger partial charge in [0.25, 0.3) is 0 Å². The first-order valence-corrected chi connectivity index (χ1v) is 7.08. The maximum absolute atomic E-state index is 13.0. The molecule has 0 radical (unpaired) electrons. The largest absolute Gasteiger partial charge is 0.455 e. The Morgan fingerprint density at radius 3 is 2.30 bits per heavy atom. The normalized spacial score (nSPS) is 10.8. The summed E-state index contributed by atoms with van der Waals surface area (Å²) in [7, 11) is 0. The summed E-state index contributed by atoms with van der Waals surface area (Å²) in [5, 5.41) is 0.502. The molecule has 0 atom stereocenters. The number of para-hydroxylation sites is 1. The number of hydrogen-bond acceptors (Lipinski definition) is 5. The second kappa shape index (κ2) is 5.46. The Morgan fingerprint density at radius 1 is 0.826 bits per heavy atom. The zero-order valence-electron chi connectivity index (χ0n) is 12.0. The quantitative estimate of drug-likeness (QED) is 0.568. The first-order chi connectivity index (χ1) is 11.3. The van der Waals surface area contributed by atoms with Crippen molar-refractivity contribution in [1.82, 2.24) is 15.0 Å². The van der Waals surface area contributed by atoms with Crippen molar-refractivity contribution in [3.05, 3.63) is 77.5 Å². The summed E-state index contributed by atoms with van der Waals surface area (Å²) in [5.74, 6) is 0.763. The van der Waals surface area contributed by atoms with Gasteiger partial charge in [-0.2, -0.15) is 0 Å². The first-order valence-electron chi connectivity index (χ1n) is 7.08. The van der Waals surface area contributed by atoms with Crippen LogP contribution in [0.2, 0.25) is 0 Å². The van der Waals surface area contributed by atoms with E-state index in [9.17, 15) is 4.79 Å². The predicted molar refractivity (Wildman–Crippen MR) is 86.7 cm³/mol. The zero-order chi connectivity index (χ0) is 15.6. The number of nitrogens with zero attached hydrogens (tertiary/aromatic N) is 3. The second-order valence-electron chi connectivity index (χ2n) is 4.96. The highest BCUT2D eigenvalue weighted by atomic mass is 16.3. The van der Waals surface area contributed by atoms with Crippen LogP contribution in [0, 0.1) is 0 Å². The Labute approximate surface area is 131 Å². The topological polar surface area (TPSA) is 68.9 Å². The van der Waals surface area contributed by atoms with Gasteiger partial charge in [-0.25, -0.2) is 15.0 Å². The van der Waals surface area contributed by atoms with Crippen LogP contribution >= 0.6 is 0 Å². The van der Waals surface area contributed by atoms with E-state index in [2.05, 4.69) is 15.0 Å². The monoisotopic (exact) mass is 301 g/mol. The molecule has 0 amide bonds. The fourth-order valence-electron chi connectivity index (χ4n) is 2.51. The fourth-order valence-corrected chi connectivity index (χ4v) is 2.51. The molecule has 0 aliphatic carbocycles. The molecule has 2 aromatic carbocycles. The molecule has 0 spiro atoms. The van der Waals surface area contributed by atoms with E-state index >= 15 is 0 Å². The zero-order valence-corrected chi connectivity index (χ0v) is 12.0. The van der Waals surface area contributed by atoms with Crippen LogP contribution in [-0.2, 0) is 0 Å². The van der Waals surface area contributed by atoms with Gasteiger partial charge in [0, 0.05) is 5.56 Å². The minimum Gasteiger partial charge on any atom is -0.455 e. The summed E-state index contributed by atoms with van der Waals surface area (Å²) >= 11 is 0. The molecule has 5 nitrogen and oxygen atoms in total. The maximum atomic E-state index is 13.0. The summed E-state index contributed by atoms with van der Waals surface area (Å²) in [6.07, 6.45) is 2.73. The van der Waals surface area contributed by atoms with Crippen LogP contribution in [0.1, 0.15) is 0 Å². The predicted octanol–water partition coefficient (Wildman–Crippen LogP) is 3.31. The number of benzene rings is 2. The van der Waals surface area contributed by atoms with Crippen molar-refractivity contribution in [1.29, 1.82) is 0 Å². The van der Waals surface area contributed by atoms with Crippen LogP contribution in [0.5, 0.6) is 0 Å². The number of fused-ring (bicyclic) bond motifs is 1.